The molecule has 0 bridgehead atoms. The first kappa shape index (κ1) is 25.3. The first-order chi connectivity index (χ1) is 16.1. The Labute approximate surface area is 197 Å². The predicted octanol–water partition coefficient (Wildman–Crippen LogP) is 2.10. The van der Waals surface area contributed by atoms with Crippen molar-refractivity contribution in [1.82, 2.24) is 4.31 Å². The second-order valence-electron chi connectivity index (χ2n) is 7.55. The lowest BCUT2D eigenvalue weighted by atomic mass is 10.1. The fourth-order valence-corrected chi connectivity index (χ4v) is 4.84. The van der Waals surface area contributed by atoms with E-state index in [-0.39, 0.29) is 48.3 Å². The Hall–Kier alpha value is -3.28. The van der Waals surface area contributed by atoms with E-state index < -0.39 is 28.0 Å². The summed E-state index contributed by atoms with van der Waals surface area (Å²) in [7, 11) is -2.60. The average molecular weight is 491 g/mol. The zero-order valence-electron chi connectivity index (χ0n) is 19.1. The van der Waals surface area contributed by atoms with E-state index in [0.29, 0.717) is 11.3 Å². The summed E-state index contributed by atoms with van der Waals surface area (Å²) < 4.78 is 43.1. The summed E-state index contributed by atoms with van der Waals surface area (Å²) in [6, 6.07) is 10.2. The van der Waals surface area contributed by atoms with Crippen LogP contribution in [0.5, 0.6) is 5.75 Å². The molecule has 0 saturated carbocycles. The fourth-order valence-electron chi connectivity index (χ4n) is 3.25. The lowest BCUT2D eigenvalue weighted by Crippen LogP contribution is -2.40. The molecule has 0 radical (unpaired) electrons. The minimum atomic E-state index is -3.94. The highest BCUT2D eigenvalue weighted by molar-refractivity contribution is 7.89. The largest absolute Gasteiger partial charge is 0.495 e. The van der Waals surface area contributed by atoms with Gasteiger partial charge in [-0.15, -0.1) is 0 Å². The second kappa shape index (κ2) is 10.8. The molecule has 1 atom stereocenters. The fraction of sp³-hybridized carbons (Fsp3) is 0.348. The lowest BCUT2D eigenvalue weighted by Gasteiger charge is -2.26. The van der Waals surface area contributed by atoms with Crippen molar-refractivity contribution in [3.8, 4) is 5.75 Å². The quantitative estimate of drug-likeness (QED) is 0.440. The minimum Gasteiger partial charge on any atom is -0.495 e. The van der Waals surface area contributed by atoms with Gasteiger partial charge >= 0.3 is 5.97 Å². The topological polar surface area (TPSA) is 128 Å². The molecule has 1 unspecified atom stereocenters. The number of benzene rings is 2. The number of ketones is 1. The van der Waals surface area contributed by atoms with Gasteiger partial charge in [0.05, 0.1) is 25.9 Å². The molecule has 0 spiro atoms. The normalized spacial score (nSPS) is 15.3. The molecule has 1 amide bonds. The van der Waals surface area contributed by atoms with Crippen LogP contribution in [0.25, 0.3) is 0 Å². The highest BCUT2D eigenvalue weighted by atomic mass is 32.2. The third-order valence-corrected chi connectivity index (χ3v) is 7.12. The second-order valence-corrected chi connectivity index (χ2v) is 9.46. The van der Waals surface area contributed by atoms with Crippen molar-refractivity contribution in [1.29, 1.82) is 0 Å². The first-order valence-corrected chi connectivity index (χ1v) is 12.0. The van der Waals surface area contributed by atoms with Crippen LogP contribution in [0.1, 0.15) is 34.6 Å². The highest BCUT2D eigenvalue weighted by Crippen LogP contribution is 2.29. The Bertz CT molecular complexity index is 1170. The van der Waals surface area contributed by atoms with Gasteiger partial charge < -0.3 is 19.5 Å². The number of rotatable bonds is 8. The summed E-state index contributed by atoms with van der Waals surface area (Å²) in [4.78, 5) is 36.3. The number of anilines is 1. The number of nitrogens with one attached hydrogen (secondary N) is 1. The Balaban J connectivity index is 1.73. The summed E-state index contributed by atoms with van der Waals surface area (Å²) in [5.41, 5.74) is 0.888. The summed E-state index contributed by atoms with van der Waals surface area (Å²) in [6.07, 6.45) is -1.17. The van der Waals surface area contributed by atoms with Crippen molar-refractivity contribution in [2.75, 3.05) is 38.7 Å². The number of sulfonamides is 1. The van der Waals surface area contributed by atoms with Crippen LogP contribution in [0.2, 0.25) is 0 Å². The van der Waals surface area contributed by atoms with Crippen molar-refractivity contribution in [2.45, 2.75) is 24.8 Å². The number of nitrogens with zero attached hydrogens (tertiary/aromatic N) is 1. The maximum Gasteiger partial charge on any atom is 0.338 e. The number of hydrogen-bond donors (Lipinski definition) is 1. The van der Waals surface area contributed by atoms with Gasteiger partial charge in [-0.1, -0.05) is 0 Å². The number of morpholine rings is 1. The Morgan fingerprint density at radius 3 is 2.24 bits per heavy atom. The highest BCUT2D eigenvalue weighted by Gasteiger charge is 2.30. The van der Waals surface area contributed by atoms with Gasteiger partial charge in [0.2, 0.25) is 10.0 Å². The van der Waals surface area contributed by atoms with E-state index in [2.05, 4.69) is 5.32 Å². The number of carbonyl (C=O) groups excluding carboxylic acids is 3. The Morgan fingerprint density at radius 1 is 1.03 bits per heavy atom. The molecule has 11 heteroatoms. The summed E-state index contributed by atoms with van der Waals surface area (Å²) in [6.45, 7) is 3.74. The number of carbonyl (C=O) groups is 3. The van der Waals surface area contributed by atoms with Gasteiger partial charge in [0.15, 0.2) is 11.9 Å². The van der Waals surface area contributed by atoms with Crippen LogP contribution in [0.3, 0.4) is 0 Å². The molecule has 0 aliphatic carbocycles. The average Bonchev–Trinajstić information content (AvgIpc) is 2.84. The van der Waals surface area contributed by atoms with E-state index in [9.17, 15) is 22.8 Å². The molecule has 1 saturated heterocycles. The number of hydrogen-bond acceptors (Lipinski definition) is 8. The number of Topliss-reactive ketones (excluding diaryl/α,β-unsaturated/α-hetero) is 1. The smallest absolute Gasteiger partial charge is 0.338 e. The number of methoxy groups -OCH3 is 1. The van der Waals surface area contributed by atoms with E-state index in [1.807, 2.05) is 0 Å². The van der Waals surface area contributed by atoms with Crippen molar-refractivity contribution in [3.05, 3.63) is 53.6 Å². The summed E-state index contributed by atoms with van der Waals surface area (Å²) in [5.74, 6) is -1.47. The third-order valence-electron chi connectivity index (χ3n) is 5.20. The molecule has 34 heavy (non-hydrogen) atoms. The molecular weight excluding hydrogens is 464 g/mol. The van der Waals surface area contributed by atoms with Crippen molar-refractivity contribution in [3.63, 3.8) is 0 Å². The van der Waals surface area contributed by atoms with Crippen LogP contribution in [0, 0.1) is 0 Å². The van der Waals surface area contributed by atoms with Crippen LogP contribution < -0.4 is 10.1 Å². The minimum absolute atomic E-state index is 0.0434. The van der Waals surface area contributed by atoms with Crippen LogP contribution in [0.4, 0.5) is 5.69 Å². The van der Waals surface area contributed by atoms with Crippen LogP contribution >= 0.6 is 0 Å². The number of esters is 1. The molecule has 10 nitrogen and oxygen atoms in total. The number of ether oxygens (including phenoxy) is 3. The van der Waals surface area contributed by atoms with Crippen LogP contribution in [-0.2, 0) is 24.3 Å². The van der Waals surface area contributed by atoms with Crippen LogP contribution in [0.15, 0.2) is 47.4 Å². The number of amides is 1. The predicted molar refractivity (Wildman–Crippen MR) is 123 cm³/mol. The molecule has 182 valence electrons. The zero-order valence-corrected chi connectivity index (χ0v) is 19.9. The molecule has 1 fully saturated rings. The summed E-state index contributed by atoms with van der Waals surface area (Å²) in [5, 5.41) is 2.60. The Kier molecular flexibility index (Phi) is 8.02. The van der Waals surface area contributed by atoms with E-state index in [1.54, 1.807) is 24.3 Å². The van der Waals surface area contributed by atoms with Crippen molar-refractivity contribution < 1.29 is 37.0 Å². The van der Waals surface area contributed by atoms with Gasteiger partial charge in [-0.25, -0.2) is 13.2 Å². The maximum absolute atomic E-state index is 13.1. The molecule has 2 aromatic carbocycles. The van der Waals surface area contributed by atoms with Gasteiger partial charge in [-0.3, -0.25) is 9.59 Å². The molecule has 1 N–H and O–H groups in total. The molecule has 3 rings (SSSR count). The SMILES string of the molecule is COc1ccc(C(=O)OC(C)C(=O)Nc2ccc(C(C)=O)cc2)cc1S(=O)(=O)N1CCOCC1. The van der Waals surface area contributed by atoms with Gasteiger partial charge in [-0.2, -0.15) is 4.31 Å². The van der Waals surface area contributed by atoms with Crippen molar-refractivity contribution >= 4 is 33.4 Å². The van der Waals surface area contributed by atoms with E-state index in [1.165, 1.54) is 43.5 Å². The van der Waals surface area contributed by atoms with Gasteiger partial charge in [0.1, 0.15) is 10.6 Å². The summed E-state index contributed by atoms with van der Waals surface area (Å²) >= 11 is 0. The zero-order chi connectivity index (χ0) is 24.9. The van der Waals surface area contributed by atoms with Gasteiger partial charge in [0.25, 0.3) is 5.91 Å². The standard InChI is InChI=1S/C23H26N2O8S/c1-15(26)17-4-7-19(8-5-17)24-22(27)16(2)33-23(28)18-6-9-20(31-3)21(14-18)34(29,30)25-10-12-32-13-11-25/h4-9,14,16H,10-13H2,1-3H3,(H,24,27). The monoisotopic (exact) mass is 490 g/mol. The Morgan fingerprint density at radius 2 is 1.65 bits per heavy atom. The molecule has 2 aromatic rings. The van der Waals surface area contributed by atoms with Crippen LogP contribution in [-0.4, -0.2) is 69.9 Å². The van der Waals surface area contributed by atoms with E-state index >= 15 is 0 Å². The molecule has 1 aliphatic rings. The molecule has 1 aliphatic heterocycles. The molecule has 0 aromatic heterocycles. The van der Waals surface area contributed by atoms with Crippen molar-refractivity contribution in [2.24, 2.45) is 0 Å². The maximum atomic E-state index is 13.1. The van der Waals surface area contributed by atoms with Gasteiger partial charge in [0, 0.05) is 24.3 Å². The van der Waals surface area contributed by atoms with Gasteiger partial charge in [-0.05, 0) is 56.3 Å². The van der Waals surface area contributed by atoms with E-state index in [0.717, 1.165) is 0 Å². The lowest BCUT2D eigenvalue weighted by molar-refractivity contribution is -0.123. The first-order valence-electron chi connectivity index (χ1n) is 10.5. The third kappa shape index (κ3) is 5.79. The van der Waals surface area contributed by atoms with E-state index in [4.69, 9.17) is 14.2 Å². The molecule has 1 heterocycles. The molecular formula is C23H26N2O8S.